The maximum atomic E-state index is 12.4. The van der Waals surface area contributed by atoms with Crippen molar-refractivity contribution < 1.29 is 82.0 Å². The van der Waals surface area contributed by atoms with Crippen LogP contribution in [0, 0.1) is 11.8 Å². The van der Waals surface area contributed by atoms with Gasteiger partial charge in [0.25, 0.3) is 20.2 Å². The molecule has 16 atom stereocenters. The second kappa shape index (κ2) is 43.7. The number of aromatic amines is 2. The van der Waals surface area contributed by atoms with Crippen molar-refractivity contribution in [3.8, 4) is 0 Å². The van der Waals surface area contributed by atoms with Crippen LogP contribution in [0.15, 0.2) is 94.8 Å². The smallest absolute Gasteiger partial charge is 0.351 e. The number of aliphatic hydroxyl groups excluding tert-OH is 6. The Morgan fingerprint density at radius 2 is 0.892 bits per heavy atom. The molecule has 1 aromatic carbocycles. The molecule has 5 saturated heterocycles. The monoisotopic (exact) mass is 1700 g/mol. The molecular formula is C71H119ClN10O23S4Si2. The maximum absolute atomic E-state index is 12.4. The summed E-state index contributed by atoms with van der Waals surface area (Å²) < 4.78 is 69.5. The number of benzene rings is 1. The highest BCUT2D eigenvalue weighted by Gasteiger charge is 2.51. The van der Waals surface area contributed by atoms with E-state index in [0.717, 1.165) is 64.1 Å². The van der Waals surface area contributed by atoms with E-state index in [1.54, 1.807) is 11.7 Å². The minimum absolute atomic E-state index is 0. The van der Waals surface area contributed by atoms with Gasteiger partial charge >= 0.3 is 22.8 Å². The highest BCUT2D eigenvalue weighted by molar-refractivity contribution is 8.13. The van der Waals surface area contributed by atoms with Crippen molar-refractivity contribution in [1.82, 2.24) is 38.2 Å². The van der Waals surface area contributed by atoms with Gasteiger partial charge in [-0.3, -0.25) is 59.2 Å². The summed E-state index contributed by atoms with van der Waals surface area (Å²) in [6.45, 7) is 43.6. The molecule has 12 N–H and O–H groups in total. The molecule has 5 aliphatic rings. The third-order valence-electron chi connectivity index (χ3n) is 20.6. The summed E-state index contributed by atoms with van der Waals surface area (Å²) in [6.07, 6.45) is -1.11. The molecule has 33 nitrogen and oxygen atoms in total. The molecule has 5 aliphatic heterocycles. The first-order chi connectivity index (χ1) is 51.2. The van der Waals surface area contributed by atoms with Gasteiger partial charge < -0.3 is 63.2 Å². The third-order valence-corrected chi connectivity index (χ3v) is 30.9. The van der Waals surface area contributed by atoms with Crippen molar-refractivity contribution in [2.45, 2.75) is 281 Å². The third kappa shape index (κ3) is 26.2. The number of nitrogens with one attached hydrogen (secondary N) is 4. The van der Waals surface area contributed by atoms with Gasteiger partial charge in [0.15, 0.2) is 53.2 Å². The Morgan fingerprint density at radius 1 is 0.568 bits per heavy atom. The fraction of sp³-hybridized carbons (Fsp3) is 0.690. The van der Waals surface area contributed by atoms with Crippen LogP contribution in [0.3, 0.4) is 0 Å². The van der Waals surface area contributed by atoms with Crippen molar-refractivity contribution in [2.75, 3.05) is 37.4 Å². The molecule has 5 fully saturated rings. The highest BCUT2D eigenvalue weighted by atomic mass is 35.7. The molecule has 0 spiro atoms. The SMILES string of the molecule is C1CCOC1.CC(C)c1cc(C(C)C)c(S(=O)(=O)Cl)c(C(C)C)c1.CC[C@H]1O[C@@H](n2ccc(=O)[nH]c2=O)C(O[Si](C)(C)C(C)(C)C)[C@H]1C.CC[C@H]1O[C@@H](n2ccc(NO)nc2=O)C(O[Si](C)(C)C(C)(C)C)[C@H]1C.O=c1ccn([C@@H]2O[C@H](CO)[C@H](O)C2O)c(=O)[nH]1.O=c1nc(NO)ccn1[C@@H]1O[C@H](CO)[C@H](O)C1O.S.S=S. The molecule has 9 heterocycles. The number of rotatable bonds is 18. The zero-order valence-corrected chi connectivity index (χ0v) is 73.1. The lowest BCUT2D eigenvalue weighted by atomic mass is 9.89. The minimum atomic E-state index is -3.72. The summed E-state index contributed by atoms with van der Waals surface area (Å²) >= 11 is 7.33. The normalized spacial score (nSPS) is 25.8. The van der Waals surface area contributed by atoms with E-state index in [1.165, 1.54) is 52.6 Å². The second-order valence-corrected chi connectivity index (χ2v) is 43.3. The molecule has 4 unspecified atom stereocenters. The zero-order valence-electron chi connectivity index (χ0n) is 66.9. The van der Waals surface area contributed by atoms with Crippen LogP contribution in [0.2, 0.25) is 36.3 Å². The molecule has 4 aromatic heterocycles. The summed E-state index contributed by atoms with van der Waals surface area (Å²) in [5, 5.41) is 73.9. The van der Waals surface area contributed by atoms with Crippen molar-refractivity contribution in [3.63, 3.8) is 0 Å². The van der Waals surface area contributed by atoms with Gasteiger partial charge in [0.05, 0.1) is 42.5 Å². The summed E-state index contributed by atoms with van der Waals surface area (Å²) in [7, 11) is -2.12. The van der Waals surface area contributed by atoms with Crippen molar-refractivity contribution in [3.05, 3.63) is 141 Å². The summed E-state index contributed by atoms with van der Waals surface area (Å²) in [5.74, 6) is 1.02. The number of aromatic nitrogens is 8. The van der Waals surface area contributed by atoms with E-state index in [-0.39, 0.29) is 83.3 Å². The van der Waals surface area contributed by atoms with E-state index in [9.17, 15) is 57.6 Å². The van der Waals surface area contributed by atoms with Crippen molar-refractivity contribution in [1.29, 1.82) is 0 Å². The first-order valence-electron chi connectivity index (χ1n) is 36.6. The first-order valence-corrected chi connectivity index (χ1v) is 46.0. The van der Waals surface area contributed by atoms with Crippen LogP contribution in [-0.4, -0.2) is 192 Å². The number of H-pyrrole nitrogens is 2. The number of aliphatic hydroxyl groups is 6. The molecule has 0 saturated carbocycles. The predicted molar refractivity (Wildman–Crippen MR) is 434 cm³/mol. The van der Waals surface area contributed by atoms with Crippen LogP contribution in [0.1, 0.15) is 196 Å². The molecule has 0 bridgehead atoms. The highest BCUT2D eigenvalue weighted by Crippen LogP contribution is 2.46. The molecule has 111 heavy (non-hydrogen) atoms. The van der Waals surface area contributed by atoms with E-state index < -0.39 is 134 Å². The van der Waals surface area contributed by atoms with Gasteiger partial charge in [-0.2, -0.15) is 23.5 Å². The Morgan fingerprint density at radius 3 is 1.16 bits per heavy atom. The van der Waals surface area contributed by atoms with Gasteiger partial charge in [-0.15, -0.1) is 0 Å². The van der Waals surface area contributed by atoms with Gasteiger partial charge in [-0.05, 0) is 109 Å². The van der Waals surface area contributed by atoms with Gasteiger partial charge in [0.1, 0.15) is 36.6 Å². The number of nitrogens with zero attached hydrogens (tertiary/aromatic N) is 6. The standard InChI is InChI=1S/C17H31N3O4Si.C17H30N2O4Si.C15H23ClO2S.C9H13N3O6.C9H12N2O6.C4H8O.S2.H2S/c1-8-12-11(2)14(24-25(6,7)17(3,4)5)15(23-12)20-10-9-13(19-22)18-16(20)21;1-8-12-11(2)14(23-24(6,7)17(3,4)5)15(22-12)19-10-9-13(20)18-16(19)21;1-9(2)12-7-13(10(3)4)15(19(16,17)18)14(8-12)11(5)6;13-3-4-6(14)7(15)8(18-4)12-2-1-5(11-17)10-9(12)16;12-3-4-6(14)7(15)8(17-4)11-2-1-5(13)10-9(11)16;1-2-4-5-3-1;1-2;/h9-12,14-15,22H,8H2,1-7H3,(H,18,19,21);9-12,14-15H,8H2,1-7H3,(H,18,20,21);7-11H,1-6H3;1-2,4,6-8,13-15,17H,3H2,(H,10,11,16);1-2,4,6-8,12,14-15H,3H2,(H,10,13,16);1-4H2;;1H2/t2*11-,12+,14?,15+;;2*4-,6+,7?,8-;;;/m00.11.../s1. The summed E-state index contributed by atoms with van der Waals surface area (Å²) in [4.78, 5) is 81.7. The van der Waals surface area contributed by atoms with Gasteiger partial charge in [0, 0.05) is 95.0 Å². The average Bonchev–Trinajstić information content (AvgIpc) is 1.59. The van der Waals surface area contributed by atoms with E-state index in [1.807, 2.05) is 50.3 Å². The van der Waals surface area contributed by atoms with Crippen LogP contribution in [0.5, 0.6) is 0 Å². The second-order valence-electron chi connectivity index (χ2n) is 31.3. The largest absolute Gasteiger partial charge is 0.409 e. The number of anilines is 2. The Balaban J connectivity index is 0.000000353. The predicted octanol–water partition coefficient (Wildman–Crippen LogP) is 6.94. The average molecular weight is 1700 g/mol. The number of hydrogen-bond acceptors (Lipinski definition) is 29. The lowest BCUT2D eigenvalue weighted by Gasteiger charge is -2.40. The Labute approximate surface area is 671 Å². The van der Waals surface area contributed by atoms with Crippen LogP contribution < -0.4 is 44.8 Å². The Bertz CT molecular complexity index is 4190. The lowest BCUT2D eigenvalue weighted by molar-refractivity contribution is -0.0550. The molecule has 40 heteroatoms. The minimum Gasteiger partial charge on any atom is -0.409 e. The fourth-order valence-electron chi connectivity index (χ4n) is 11.9. The van der Waals surface area contributed by atoms with E-state index in [0.29, 0.717) is 10.8 Å². The van der Waals surface area contributed by atoms with Crippen molar-refractivity contribution in [2.24, 2.45) is 11.8 Å². The van der Waals surface area contributed by atoms with Gasteiger partial charge in [-0.1, -0.05) is 123 Å². The number of ether oxygens (including phenoxy) is 5. The molecule has 10 rings (SSSR count). The molecular weight excluding hydrogens is 1580 g/mol. The van der Waals surface area contributed by atoms with E-state index in [2.05, 4.69) is 147 Å². The number of hydrogen-bond donors (Lipinski definition) is 12. The first kappa shape index (κ1) is 100.0. The van der Waals surface area contributed by atoms with Crippen LogP contribution >= 0.6 is 24.2 Å². The maximum Gasteiger partial charge on any atom is 0.351 e. The summed E-state index contributed by atoms with van der Waals surface area (Å²) in [6, 6.07) is 9.23. The molecule has 0 amide bonds. The molecule has 5 aromatic rings. The van der Waals surface area contributed by atoms with Crippen LogP contribution in [0.25, 0.3) is 0 Å². The zero-order chi connectivity index (χ0) is 83.6. The molecule has 0 radical (unpaired) electrons. The lowest BCUT2D eigenvalue weighted by Crippen LogP contribution is -2.47. The van der Waals surface area contributed by atoms with Crippen LogP contribution in [-0.2, 0) is 64.0 Å². The Kier molecular flexibility index (Phi) is 39.3. The fourth-order valence-corrected chi connectivity index (χ4v) is 16.4. The van der Waals surface area contributed by atoms with E-state index >= 15 is 0 Å². The van der Waals surface area contributed by atoms with E-state index in [4.69, 9.17) is 63.8 Å². The Hall–Kier alpha value is -5.20. The quantitative estimate of drug-likeness (QED) is 0.0240. The van der Waals surface area contributed by atoms with Crippen molar-refractivity contribution >= 4 is 83.9 Å². The number of halogens is 1. The molecule has 0 aliphatic carbocycles. The van der Waals surface area contributed by atoms with Gasteiger partial charge in [-0.25, -0.2) is 27.6 Å². The van der Waals surface area contributed by atoms with Gasteiger partial charge in [0.2, 0.25) is 0 Å². The topological polar surface area (TPSA) is 464 Å². The molecule has 630 valence electrons. The summed E-state index contributed by atoms with van der Waals surface area (Å²) in [5.41, 5.74) is 2.97. The van der Waals surface area contributed by atoms with Crippen LogP contribution in [0.4, 0.5) is 11.6 Å².